The molecule has 3 aromatic rings. The Kier molecular flexibility index (Phi) is 5.67. The average Bonchev–Trinajstić information content (AvgIpc) is 3.46. The molecule has 2 saturated carbocycles. The Labute approximate surface area is 183 Å². The van der Waals surface area contributed by atoms with Crippen molar-refractivity contribution in [1.29, 1.82) is 0 Å². The Hall–Kier alpha value is -3.17. The molecule has 5 rings (SSSR count). The van der Waals surface area contributed by atoms with Crippen molar-refractivity contribution in [2.45, 2.75) is 63.5 Å². The molecule has 1 amide bonds. The maximum atomic E-state index is 14.5. The third-order valence-corrected chi connectivity index (χ3v) is 6.43. The van der Waals surface area contributed by atoms with E-state index in [-0.39, 0.29) is 35.6 Å². The second kappa shape index (κ2) is 8.76. The summed E-state index contributed by atoms with van der Waals surface area (Å²) in [6.45, 7) is 0. The highest BCUT2D eigenvalue weighted by molar-refractivity contribution is 5.88. The topological polar surface area (TPSA) is 108 Å². The first-order chi connectivity index (χ1) is 15.6. The van der Waals surface area contributed by atoms with Gasteiger partial charge in [-0.15, -0.1) is 0 Å². The minimum Gasteiger partial charge on any atom is -0.365 e. The van der Waals surface area contributed by atoms with E-state index < -0.39 is 11.6 Å². The molecule has 168 valence electrons. The lowest BCUT2D eigenvalue weighted by molar-refractivity contribution is -0.125. The van der Waals surface area contributed by atoms with Gasteiger partial charge in [-0.25, -0.2) is 23.7 Å². The number of carbonyl (C=O) groups is 1. The van der Waals surface area contributed by atoms with E-state index in [1.807, 2.05) is 0 Å². The van der Waals surface area contributed by atoms with Crippen molar-refractivity contribution in [1.82, 2.24) is 30.5 Å². The number of carbonyl (C=O) groups excluding carboxylic acids is 1. The molecule has 3 N–H and O–H groups in total. The Bertz CT molecular complexity index is 1130. The van der Waals surface area contributed by atoms with Gasteiger partial charge in [0.25, 0.3) is 0 Å². The largest absolute Gasteiger partial charge is 0.365 e. The van der Waals surface area contributed by atoms with Gasteiger partial charge in [0.1, 0.15) is 11.5 Å². The van der Waals surface area contributed by atoms with Gasteiger partial charge >= 0.3 is 0 Å². The summed E-state index contributed by atoms with van der Waals surface area (Å²) in [5.74, 6) is -0.516. The molecule has 0 unspecified atom stereocenters. The van der Waals surface area contributed by atoms with Crippen LogP contribution in [0.3, 0.4) is 0 Å². The van der Waals surface area contributed by atoms with E-state index in [4.69, 9.17) is 0 Å². The van der Waals surface area contributed by atoms with Crippen LogP contribution in [-0.4, -0.2) is 43.1 Å². The van der Waals surface area contributed by atoms with Gasteiger partial charge in [-0.3, -0.25) is 9.89 Å². The van der Waals surface area contributed by atoms with Crippen LogP contribution in [0.4, 0.5) is 14.6 Å². The van der Waals surface area contributed by atoms with Crippen LogP contribution in [0.5, 0.6) is 0 Å². The predicted molar refractivity (Wildman–Crippen MR) is 115 cm³/mol. The van der Waals surface area contributed by atoms with Crippen LogP contribution >= 0.6 is 0 Å². The molecule has 3 aromatic heterocycles. The van der Waals surface area contributed by atoms with E-state index in [0.717, 1.165) is 57.3 Å². The highest BCUT2D eigenvalue weighted by atomic mass is 19.1. The number of amides is 1. The maximum absolute atomic E-state index is 14.5. The van der Waals surface area contributed by atoms with Crippen molar-refractivity contribution < 1.29 is 13.6 Å². The molecule has 0 spiro atoms. The molecule has 8 nitrogen and oxygen atoms in total. The summed E-state index contributed by atoms with van der Waals surface area (Å²) in [6, 6.07) is 1.34. The van der Waals surface area contributed by atoms with Crippen LogP contribution in [0.25, 0.3) is 22.6 Å². The van der Waals surface area contributed by atoms with Gasteiger partial charge in [-0.05, 0) is 44.6 Å². The summed E-state index contributed by atoms with van der Waals surface area (Å²) in [5, 5.41) is 13.6. The summed E-state index contributed by atoms with van der Waals surface area (Å²) >= 11 is 0. The highest BCUT2D eigenvalue weighted by Gasteiger charge is 2.28. The van der Waals surface area contributed by atoms with Crippen LogP contribution in [-0.2, 0) is 4.79 Å². The Morgan fingerprint density at radius 1 is 1.03 bits per heavy atom. The molecule has 2 aliphatic rings. The monoisotopic (exact) mass is 441 g/mol. The number of aromatic amines is 1. The zero-order valence-corrected chi connectivity index (χ0v) is 17.6. The smallest absolute Gasteiger partial charge is 0.223 e. The number of nitrogens with zero attached hydrogens (tertiary/aromatic N) is 4. The fraction of sp³-hybridized carbons (Fsp3) is 0.500. The molecule has 0 saturated heterocycles. The fourth-order valence-corrected chi connectivity index (χ4v) is 4.79. The molecule has 2 atom stereocenters. The Morgan fingerprint density at radius 2 is 1.84 bits per heavy atom. The number of pyridine rings is 1. The third kappa shape index (κ3) is 4.26. The Morgan fingerprint density at radius 3 is 2.69 bits per heavy atom. The summed E-state index contributed by atoms with van der Waals surface area (Å²) in [5.41, 5.74) is 0.706. The quantitative estimate of drug-likeness (QED) is 0.557. The van der Waals surface area contributed by atoms with Gasteiger partial charge in [0.2, 0.25) is 5.91 Å². The number of hydrogen-bond donors (Lipinski definition) is 3. The number of fused-ring (bicyclic) bond motifs is 1. The molecule has 10 heteroatoms. The van der Waals surface area contributed by atoms with Gasteiger partial charge < -0.3 is 10.6 Å². The molecule has 32 heavy (non-hydrogen) atoms. The average molecular weight is 441 g/mol. The summed E-state index contributed by atoms with van der Waals surface area (Å²) in [7, 11) is 0. The summed E-state index contributed by atoms with van der Waals surface area (Å²) in [4.78, 5) is 24.8. The molecule has 2 fully saturated rings. The molecule has 2 aliphatic carbocycles. The fourth-order valence-electron chi connectivity index (χ4n) is 4.79. The van der Waals surface area contributed by atoms with E-state index in [9.17, 15) is 13.6 Å². The van der Waals surface area contributed by atoms with Crippen LogP contribution in [0.1, 0.15) is 51.4 Å². The molecule has 3 heterocycles. The summed E-state index contributed by atoms with van der Waals surface area (Å²) in [6.07, 6.45) is 9.77. The predicted octanol–water partition coefficient (Wildman–Crippen LogP) is 3.72. The van der Waals surface area contributed by atoms with E-state index in [1.54, 1.807) is 0 Å². The van der Waals surface area contributed by atoms with E-state index in [2.05, 4.69) is 35.8 Å². The number of H-pyrrole nitrogens is 1. The lowest BCUT2D eigenvalue weighted by Crippen LogP contribution is -2.43. The van der Waals surface area contributed by atoms with E-state index in [1.165, 1.54) is 6.07 Å². The Balaban J connectivity index is 1.30. The number of hydrogen-bond acceptors (Lipinski definition) is 6. The molecule has 0 aliphatic heterocycles. The van der Waals surface area contributed by atoms with Crippen LogP contribution in [0.2, 0.25) is 0 Å². The summed E-state index contributed by atoms with van der Waals surface area (Å²) < 4.78 is 28.1. The first-order valence-electron chi connectivity index (χ1n) is 11.2. The highest BCUT2D eigenvalue weighted by Crippen LogP contribution is 2.28. The van der Waals surface area contributed by atoms with Crippen LogP contribution in [0.15, 0.2) is 18.5 Å². The molecular formula is C22H25F2N7O. The normalized spacial score (nSPS) is 21.7. The van der Waals surface area contributed by atoms with Gasteiger partial charge in [0.05, 0.1) is 17.8 Å². The number of anilines is 1. The number of rotatable bonds is 5. The van der Waals surface area contributed by atoms with Crippen molar-refractivity contribution >= 4 is 22.8 Å². The zero-order chi connectivity index (χ0) is 22.1. The zero-order valence-electron chi connectivity index (χ0n) is 17.6. The standard InChI is InChI=1S/C22H25F2N7O/c23-13-8-16-18(30-31-19(16)25-10-13)21-26-11-17(24)20(29-21)27-14-6-3-7-15(9-14)28-22(32)12-4-1-2-5-12/h8,10-12,14-15H,1-7,9H2,(H,28,32)(H,25,30,31)(H,26,27,29)/t14-,15+/m0/s1. The number of aromatic nitrogens is 5. The van der Waals surface area contributed by atoms with E-state index >= 15 is 0 Å². The molecule has 0 radical (unpaired) electrons. The van der Waals surface area contributed by atoms with Gasteiger partial charge in [0, 0.05) is 18.0 Å². The number of nitrogens with one attached hydrogen (secondary N) is 3. The minimum atomic E-state index is -0.570. The molecule has 0 aromatic carbocycles. The molecule has 0 bridgehead atoms. The van der Waals surface area contributed by atoms with Crippen molar-refractivity contribution in [3.05, 3.63) is 30.1 Å². The lowest BCUT2D eigenvalue weighted by Gasteiger charge is -2.31. The van der Waals surface area contributed by atoms with Gasteiger partial charge in [-0.2, -0.15) is 5.10 Å². The third-order valence-electron chi connectivity index (χ3n) is 6.43. The second-order valence-corrected chi connectivity index (χ2v) is 8.71. The van der Waals surface area contributed by atoms with Crippen molar-refractivity contribution in [3.8, 4) is 11.5 Å². The van der Waals surface area contributed by atoms with Gasteiger partial charge in [0.15, 0.2) is 23.1 Å². The van der Waals surface area contributed by atoms with E-state index in [0.29, 0.717) is 23.1 Å². The van der Waals surface area contributed by atoms with Crippen LogP contribution < -0.4 is 10.6 Å². The number of halogens is 2. The van der Waals surface area contributed by atoms with Gasteiger partial charge in [-0.1, -0.05) is 12.8 Å². The lowest BCUT2D eigenvalue weighted by atomic mass is 9.90. The van der Waals surface area contributed by atoms with Crippen LogP contribution in [0, 0.1) is 17.6 Å². The first kappa shape index (κ1) is 20.7. The van der Waals surface area contributed by atoms with Crippen molar-refractivity contribution in [2.24, 2.45) is 5.92 Å². The van der Waals surface area contributed by atoms with Crippen molar-refractivity contribution in [3.63, 3.8) is 0 Å². The van der Waals surface area contributed by atoms with Crippen molar-refractivity contribution in [2.75, 3.05) is 5.32 Å². The second-order valence-electron chi connectivity index (χ2n) is 8.71. The minimum absolute atomic E-state index is 0.0208. The maximum Gasteiger partial charge on any atom is 0.223 e. The molecular weight excluding hydrogens is 416 g/mol. The first-order valence-corrected chi connectivity index (χ1v) is 11.2. The SMILES string of the molecule is O=C(N[C@@H]1CCC[C@H](Nc2nc(-c3[nH]nc4ncc(F)cc34)ncc2F)C1)C1CCCC1.